The van der Waals surface area contributed by atoms with E-state index in [2.05, 4.69) is 45.6 Å². The third kappa shape index (κ3) is 6.65. The lowest BCUT2D eigenvalue weighted by Crippen LogP contribution is -2.28. The Morgan fingerprint density at radius 3 is 2.38 bits per heavy atom. The number of rotatable bonds is 4. The Balaban J connectivity index is 2.72. The van der Waals surface area contributed by atoms with Crippen molar-refractivity contribution in [1.29, 1.82) is 0 Å². The third-order valence-electron chi connectivity index (χ3n) is 0.772. The van der Waals surface area contributed by atoms with Crippen LogP contribution in [-0.4, -0.2) is 19.1 Å². The van der Waals surface area contributed by atoms with Crippen molar-refractivity contribution >= 4 is 22.9 Å². The lowest BCUT2D eigenvalue weighted by atomic mass is 10.4. The van der Waals surface area contributed by atoms with E-state index >= 15 is 0 Å². The van der Waals surface area contributed by atoms with Crippen LogP contribution in [0.2, 0.25) is 0 Å². The van der Waals surface area contributed by atoms with Crippen LogP contribution in [0.5, 0.6) is 0 Å². The van der Waals surface area contributed by atoms with E-state index in [0.29, 0.717) is 6.04 Å². The van der Waals surface area contributed by atoms with Gasteiger partial charge in [0.05, 0.1) is 0 Å². The zero-order chi connectivity index (χ0) is 6.41. The first kappa shape index (κ1) is 8.65. The van der Waals surface area contributed by atoms with Gasteiger partial charge in [0, 0.05) is 42.0 Å². The van der Waals surface area contributed by atoms with Crippen LogP contribution in [0.15, 0.2) is 0 Å². The predicted octanol–water partition coefficient (Wildman–Crippen LogP) is 0.924. The second-order valence-electron chi connectivity index (χ2n) is 1.99. The molecule has 8 heavy (non-hydrogen) atoms. The van der Waals surface area contributed by atoms with E-state index in [-0.39, 0.29) is 0 Å². The molecule has 0 aliphatic carbocycles. The maximum atomic E-state index is 3.28. The summed E-state index contributed by atoms with van der Waals surface area (Å²) in [5, 5.41) is 3.28. The largest absolute Gasteiger partial charge is 0.313 e. The molecule has 0 fully saturated rings. The molecule has 0 saturated heterocycles. The molecular formula is C5H13IN2. The molecule has 0 bridgehead atoms. The summed E-state index contributed by atoms with van der Waals surface area (Å²) < 4.78 is 3.03. The second-order valence-corrected chi connectivity index (χ2v) is 2.76. The van der Waals surface area contributed by atoms with Gasteiger partial charge in [-0.1, -0.05) is 13.8 Å². The van der Waals surface area contributed by atoms with Crippen molar-refractivity contribution in [1.82, 2.24) is 8.85 Å². The topological polar surface area (TPSA) is 24.1 Å². The molecule has 2 N–H and O–H groups in total. The minimum atomic E-state index is 0.611. The number of hydrogen-bond acceptors (Lipinski definition) is 2. The summed E-state index contributed by atoms with van der Waals surface area (Å²) in [6, 6.07) is 0.611. The molecule has 0 spiro atoms. The molecule has 0 saturated carbocycles. The fourth-order valence-electron chi connectivity index (χ4n) is 0.408. The summed E-state index contributed by atoms with van der Waals surface area (Å²) >= 11 is 2.14. The maximum absolute atomic E-state index is 3.28. The van der Waals surface area contributed by atoms with E-state index in [4.69, 9.17) is 0 Å². The van der Waals surface area contributed by atoms with Crippen LogP contribution in [-0.2, 0) is 0 Å². The van der Waals surface area contributed by atoms with Crippen LogP contribution in [0.25, 0.3) is 0 Å². The van der Waals surface area contributed by atoms with Crippen LogP contribution < -0.4 is 8.85 Å². The maximum Gasteiger partial charge on any atom is 0.0176 e. The molecule has 0 aromatic carbocycles. The van der Waals surface area contributed by atoms with Gasteiger partial charge in [0.15, 0.2) is 0 Å². The normalized spacial score (nSPS) is 10.5. The van der Waals surface area contributed by atoms with Crippen molar-refractivity contribution in [2.75, 3.05) is 13.1 Å². The van der Waals surface area contributed by atoms with E-state index in [1.54, 1.807) is 0 Å². The molecule has 0 rings (SSSR count). The quantitative estimate of drug-likeness (QED) is 0.425. The number of nitrogens with one attached hydrogen (secondary N) is 2. The zero-order valence-electron chi connectivity index (χ0n) is 5.37. The Labute approximate surface area is 64.9 Å². The van der Waals surface area contributed by atoms with E-state index in [9.17, 15) is 0 Å². The summed E-state index contributed by atoms with van der Waals surface area (Å²) in [6.07, 6.45) is 0. The summed E-state index contributed by atoms with van der Waals surface area (Å²) in [5.41, 5.74) is 0. The first-order valence-corrected chi connectivity index (χ1v) is 3.92. The van der Waals surface area contributed by atoms with Crippen LogP contribution in [0.4, 0.5) is 0 Å². The van der Waals surface area contributed by atoms with E-state index in [1.807, 2.05) is 0 Å². The lowest BCUT2D eigenvalue weighted by molar-refractivity contribution is 0.592. The van der Waals surface area contributed by atoms with Crippen LogP contribution in [0, 0.1) is 0 Å². The van der Waals surface area contributed by atoms with Gasteiger partial charge in [-0.25, -0.2) is 0 Å². The molecule has 2 nitrogen and oxygen atoms in total. The highest BCUT2D eigenvalue weighted by Gasteiger charge is 1.87. The Morgan fingerprint density at radius 1 is 1.38 bits per heavy atom. The predicted molar refractivity (Wildman–Crippen MR) is 45.2 cm³/mol. The van der Waals surface area contributed by atoms with Crippen LogP contribution in [0.1, 0.15) is 13.8 Å². The fourth-order valence-corrected chi connectivity index (χ4v) is 0.678. The van der Waals surface area contributed by atoms with Crippen molar-refractivity contribution in [2.45, 2.75) is 19.9 Å². The molecule has 0 heterocycles. The minimum Gasteiger partial charge on any atom is -0.313 e. The van der Waals surface area contributed by atoms with Crippen LogP contribution >= 0.6 is 22.9 Å². The molecule has 0 radical (unpaired) electrons. The molecule has 50 valence electrons. The molecule has 0 atom stereocenters. The standard InChI is InChI=1S/C5H13IN2/c1-5(2)7-3-4-8-6/h5,7-8H,3-4H2,1-2H3. The molecule has 3 heteroatoms. The Hall–Kier alpha value is 0.650. The van der Waals surface area contributed by atoms with Gasteiger partial charge in [0.2, 0.25) is 0 Å². The summed E-state index contributed by atoms with van der Waals surface area (Å²) in [6.45, 7) is 6.39. The van der Waals surface area contributed by atoms with Gasteiger partial charge in [0.25, 0.3) is 0 Å². The highest BCUT2D eigenvalue weighted by atomic mass is 127. The smallest absolute Gasteiger partial charge is 0.0176 e. The average molecular weight is 228 g/mol. The molecule has 0 aromatic rings. The fraction of sp³-hybridized carbons (Fsp3) is 1.00. The molecule has 0 unspecified atom stereocenters. The molecule has 0 aliphatic rings. The first-order chi connectivity index (χ1) is 3.77. The highest BCUT2D eigenvalue weighted by Crippen LogP contribution is 1.73. The van der Waals surface area contributed by atoms with Crippen molar-refractivity contribution in [2.24, 2.45) is 0 Å². The SMILES string of the molecule is CC(C)NCCNI. The summed E-state index contributed by atoms with van der Waals surface area (Å²) in [5.74, 6) is 0. The monoisotopic (exact) mass is 228 g/mol. The van der Waals surface area contributed by atoms with Crippen molar-refractivity contribution < 1.29 is 0 Å². The van der Waals surface area contributed by atoms with Gasteiger partial charge in [0.1, 0.15) is 0 Å². The molecular weight excluding hydrogens is 215 g/mol. The summed E-state index contributed by atoms with van der Waals surface area (Å²) in [7, 11) is 0. The van der Waals surface area contributed by atoms with Gasteiger partial charge in [-0.05, 0) is 0 Å². The number of hydrogen-bond donors (Lipinski definition) is 2. The van der Waals surface area contributed by atoms with E-state index in [1.165, 1.54) is 0 Å². The summed E-state index contributed by atoms with van der Waals surface area (Å²) in [4.78, 5) is 0. The van der Waals surface area contributed by atoms with Gasteiger partial charge in [-0.3, -0.25) is 3.53 Å². The van der Waals surface area contributed by atoms with Crippen molar-refractivity contribution in [3.05, 3.63) is 0 Å². The first-order valence-electron chi connectivity index (χ1n) is 2.84. The van der Waals surface area contributed by atoms with Crippen molar-refractivity contribution in [3.8, 4) is 0 Å². The lowest BCUT2D eigenvalue weighted by Gasteiger charge is -2.05. The van der Waals surface area contributed by atoms with Gasteiger partial charge >= 0.3 is 0 Å². The Kier molecular flexibility index (Phi) is 6.25. The van der Waals surface area contributed by atoms with Gasteiger partial charge < -0.3 is 5.32 Å². The minimum absolute atomic E-state index is 0.611. The highest BCUT2D eigenvalue weighted by molar-refractivity contribution is 14.1. The second kappa shape index (κ2) is 5.78. The van der Waals surface area contributed by atoms with Gasteiger partial charge in [-0.15, -0.1) is 0 Å². The molecule has 0 aliphatic heterocycles. The molecule has 0 amide bonds. The van der Waals surface area contributed by atoms with E-state index in [0.717, 1.165) is 13.1 Å². The van der Waals surface area contributed by atoms with E-state index < -0.39 is 0 Å². The van der Waals surface area contributed by atoms with Gasteiger partial charge in [-0.2, -0.15) is 0 Å². The van der Waals surface area contributed by atoms with Crippen molar-refractivity contribution in [3.63, 3.8) is 0 Å². The number of halogens is 1. The van der Waals surface area contributed by atoms with Crippen LogP contribution in [0.3, 0.4) is 0 Å². The Morgan fingerprint density at radius 2 is 2.00 bits per heavy atom. The molecule has 0 aromatic heterocycles. The Bertz CT molecular complexity index is 47.7. The third-order valence-corrected chi connectivity index (χ3v) is 1.31. The zero-order valence-corrected chi connectivity index (χ0v) is 7.53. The average Bonchev–Trinajstić information content (AvgIpc) is 1.66.